The van der Waals surface area contributed by atoms with Crippen molar-refractivity contribution in [1.82, 2.24) is 4.90 Å². The van der Waals surface area contributed by atoms with Gasteiger partial charge in [0.1, 0.15) is 0 Å². The van der Waals surface area contributed by atoms with E-state index in [0.717, 1.165) is 32.4 Å². The SMILES string of the molecule is CCN(C(=O)CCCCCN)C1CCCCC1. The second kappa shape index (κ2) is 8.51. The Kier molecular flexibility index (Phi) is 7.25. The summed E-state index contributed by atoms with van der Waals surface area (Å²) in [6.45, 7) is 3.72. The van der Waals surface area contributed by atoms with Gasteiger partial charge in [0, 0.05) is 19.0 Å². The highest BCUT2D eigenvalue weighted by atomic mass is 16.2. The van der Waals surface area contributed by atoms with Gasteiger partial charge >= 0.3 is 0 Å². The summed E-state index contributed by atoms with van der Waals surface area (Å²) in [5.74, 6) is 0.358. The van der Waals surface area contributed by atoms with Gasteiger partial charge in [-0.2, -0.15) is 0 Å². The third-order valence-electron chi connectivity index (χ3n) is 3.77. The summed E-state index contributed by atoms with van der Waals surface area (Å²) in [6.07, 6.45) is 10.2. The van der Waals surface area contributed by atoms with Crippen LogP contribution in [0.2, 0.25) is 0 Å². The molecule has 1 aliphatic carbocycles. The van der Waals surface area contributed by atoms with E-state index in [1.807, 2.05) is 0 Å². The predicted molar refractivity (Wildman–Crippen MR) is 71.8 cm³/mol. The van der Waals surface area contributed by atoms with Crippen LogP contribution in [-0.2, 0) is 4.79 Å². The summed E-state index contributed by atoms with van der Waals surface area (Å²) in [7, 11) is 0. The Morgan fingerprint density at radius 2 is 1.88 bits per heavy atom. The summed E-state index contributed by atoms with van der Waals surface area (Å²) in [4.78, 5) is 14.2. The molecule has 0 aromatic rings. The molecule has 0 heterocycles. The molecule has 0 aromatic carbocycles. The number of rotatable bonds is 7. The van der Waals surface area contributed by atoms with Crippen LogP contribution >= 0.6 is 0 Å². The zero-order valence-corrected chi connectivity index (χ0v) is 11.3. The molecule has 0 atom stereocenters. The number of carbonyl (C=O) groups excluding carboxylic acids is 1. The zero-order chi connectivity index (χ0) is 12.5. The van der Waals surface area contributed by atoms with Gasteiger partial charge in [-0.3, -0.25) is 4.79 Å². The summed E-state index contributed by atoms with van der Waals surface area (Å²) < 4.78 is 0. The van der Waals surface area contributed by atoms with E-state index in [9.17, 15) is 4.79 Å². The van der Waals surface area contributed by atoms with E-state index in [1.54, 1.807) is 0 Å². The molecule has 1 aliphatic rings. The van der Waals surface area contributed by atoms with E-state index in [2.05, 4.69) is 11.8 Å². The van der Waals surface area contributed by atoms with Gasteiger partial charge in [-0.05, 0) is 39.2 Å². The molecule has 0 aliphatic heterocycles. The Bertz CT molecular complexity index is 212. The van der Waals surface area contributed by atoms with Crippen LogP contribution in [0.3, 0.4) is 0 Å². The van der Waals surface area contributed by atoms with Crippen molar-refractivity contribution in [1.29, 1.82) is 0 Å². The van der Waals surface area contributed by atoms with Gasteiger partial charge in [0.05, 0.1) is 0 Å². The van der Waals surface area contributed by atoms with Gasteiger partial charge in [0.15, 0.2) is 0 Å². The molecule has 0 saturated heterocycles. The first-order chi connectivity index (χ1) is 8.29. The van der Waals surface area contributed by atoms with Crippen molar-refractivity contribution in [3.8, 4) is 0 Å². The maximum absolute atomic E-state index is 12.1. The lowest BCUT2D eigenvalue weighted by atomic mass is 9.94. The summed E-state index contributed by atoms with van der Waals surface area (Å²) in [5, 5.41) is 0. The maximum Gasteiger partial charge on any atom is 0.222 e. The van der Waals surface area contributed by atoms with Crippen molar-refractivity contribution >= 4 is 5.91 Å². The molecule has 3 heteroatoms. The molecule has 3 nitrogen and oxygen atoms in total. The van der Waals surface area contributed by atoms with Crippen LogP contribution in [0.15, 0.2) is 0 Å². The lowest BCUT2D eigenvalue weighted by Crippen LogP contribution is -2.41. The Morgan fingerprint density at radius 3 is 2.47 bits per heavy atom. The molecule has 0 aromatic heterocycles. The summed E-state index contributed by atoms with van der Waals surface area (Å²) in [6, 6.07) is 0.524. The smallest absolute Gasteiger partial charge is 0.222 e. The number of carbonyl (C=O) groups is 1. The fourth-order valence-electron chi connectivity index (χ4n) is 2.77. The number of unbranched alkanes of at least 4 members (excludes halogenated alkanes) is 2. The van der Waals surface area contributed by atoms with Gasteiger partial charge in [-0.1, -0.05) is 25.7 Å². The second-order valence-corrected chi connectivity index (χ2v) is 5.07. The molecule has 0 bridgehead atoms. The molecule has 1 fully saturated rings. The van der Waals surface area contributed by atoms with Crippen LogP contribution in [0.5, 0.6) is 0 Å². The van der Waals surface area contributed by atoms with Crippen molar-refractivity contribution in [2.75, 3.05) is 13.1 Å². The molecule has 17 heavy (non-hydrogen) atoms. The average Bonchev–Trinajstić information content (AvgIpc) is 2.37. The van der Waals surface area contributed by atoms with Gasteiger partial charge in [-0.15, -0.1) is 0 Å². The standard InChI is InChI=1S/C14H28N2O/c1-2-16(13-9-5-3-6-10-13)14(17)11-7-4-8-12-15/h13H,2-12,15H2,1H3. The average molecular weight is 240 g/mol. The van der Waals surface area contributed by atoms with Gasteiger partial charge in [-0.25, -0.2) is 0 Å². The molecule has 2 N–H and O–H groups in total. The minimum absolute atomic E-state index is 0.358. The zero-order valence-electron chi connectivity index (χ0n) is 11.3. The summed E-state index contributed by atoms with van der Waals surface area (Å²) in [5.41, 5.74) is 5.45. The number of nitrogens with two attached hydrogens (primary N) is 1. The molecular formula is C14H28N2O. The van der Waals surface area contributed by atoms with Gasteiger partial charge in [0.2, 0.25) is 5.91 Å². The highest BCUT2D eigenvalue weighted by Crippen LogP contribution is 2.23. The van der Waals surface area contributed by atoms with Crippen molar-refractivity contribution in [3.05, 3.63) is 0 Å². The lowest BCUT2D eigenvalue weighted by Gasteiger charge is -2.33. The minimum atomic E-state index is 0.358. The largest absolute Gasteiger partial charge is 0.340 e. The Balaban J connectivity index is 2.29. The molecule has 100 valence electrons. The van der Waals surface area contributed by atoms with Crippen LogP contribution in [0, 0.1) is 0 Å². The molecule has 1 amide bonds. The molecular weight excluding hydrogens is 212 g/mol. The number of hydrogen-bond acceptors (Lipinski definition) is 2. The van der Waals surface area contributed by atoms with Gasteiger partial charge in [0.25, 0.3) is 0 Å². The van der Waals surface area contributed by atoms with Crippen LogP contribution in [0.1, 0.15) is 64.7 Å². The predicted octanol–water partition coefficient (Wildman–Crippen LogP) is 2.69. The van der Waals surface area contributed by atoms with E-state index in [4.69, 9.17) is 5.73 Å². The normalized spacial score (nSPS) is 17.1. The van der Waals surface area contributed by atoms with Crippen LogP contribution < -0.4 is 5.73 Å². The monoisotopic (exact) mass is 240 g/mol. The highest BCUT2D eigenvalue weighted by Gasteiger charge is 2.23. The van der Waals surface area contributed by atoms with Crippen molar-refractivity contribution < 1.29 is 4.79 Å². The molecule has 1 saturated carbocycles. The Hall–Kier alpha value is -0.570. The Morgan fingerprint density at radius 1 is 1.18 bits per heavy atom. The van der Waals surface area contributed by atoms with Crippen LogP contribution in [0.25, 0.3) is 0 Å². The quantitative estimate of drug-likeness (QED) is 0.695. The number of hydrogen-bond donors (Lipinski definition) is 1. The molecule has 0 spiro atoms. The third-order valence-corrected chi connectivity index (χ3v) is 3.77. The number of amides is 1. The third kappa shape index (κ3) is 5.07. The second-order valence-electron chi connectivity index (χ2n) is 5.07. The first kappa shape index (κ1) is 14.5. The van der Waals surface area contributed by atoms with Crippen molar-refractivity contribution in [3.63, 3.8) is 0 Å². The minimum Gasteiger partial charge on any atom is -0.340 e. The molecule has 0 unspecified atom stereocenters. The first-order valence-electron chi connectivity index (χ1n) is 7.29. The fraction of sp³-hybridized carbons (Fsp3) is 0.929. The maximum atomic E-state index is 12.1. The van der Waals surface area contributed by atoms with E-state index in [-0.39, 0.29) is 0 Å². The number of nitrogens with zero attached hydrogens (tertiary/aromatic N) is 1. The summed E-state index contributed by atoms with van der Waals surface area (Å²) >= 11 is 0. The highest BCUT2D eigenvalue weighted by molar-refractivity contribution is 5.76. The Labute approximate surface area is 106 Å². The van der Waals surface area contributed by atoms with Crippen LogP contribution in [-0.4, -0.2) is 29.9 Å². The van der Waals surface area contributed by atoms with E-state index in [0.29, 0.717) is 18.4 Å². The lowest BCUT2D eigenvalue weighted by molar-refractivity contribution is -0.134. The van der Waals surface area contributed by atoms with Gasteiger partial charge < -0.3 is 10.6 Å². The molecule has 1 rings (SSSR count). The van der Waals surface area contributed by atoms with E-state index in [1.165, 1.54) is 32.1 Å². The fourth-order valence-corrected chi connectivity index (χ4v) is 2.77. The van der Waals surface area contributed by atoms with Crippen molar-refractivity contribution in [2.24, 2.45) is 5.73 Å². The first-order valence-corrected chi connectivity index (χ1v) is 7.29. The van der Waals surface area contributed by atoms with Crippen LogP contribution in [0.4, 0.5) is 0 Å². The van der Waals surface area contributed by atoms with E-state index < -0.39 is 0 Å². The van der Waals surface area contributed by atoms with Crippen molar-refractivity contribution in [2.45, 2.75) is 70.8 Å². The molecule has 0 radical (unpaired) electrons. The van der Waals surface area contributed by atoms with E-state index >= 15 is 0 Å². The topological polar surface area (TPSA) is 46.3 Å².